The van der Waals surface area contributed by atoms with Crippen LogP contribution in [0, 0.1) is 11.8 Å². The fourth-order valence-electron chi connectivity index (χ4n) is 1.53. The molecule has 0 heterocycles. The molecule has 0 saturated carbocycles. The third-order valence-electron chi connectivity index (χ3n) is 2.84. The van der Waals surface area contributed by atoms with Crippen LogP contribution >= 0.6 is 0 Å². The summed E-state index contributed by atoms with van der Waals surface area (Å²) in [6.45, 7) is 10.0. The molecule has 0 amide bonds. The maximum absolute atomic E-state index is 10.6. The Kier molecular flexibility index (Phi) is 7.90. The van der Waals surface area contributed by atoms with Crippen molar-refractivity contribution in [1.29, 1.82) is 0 Å². The highest BCUT2D eigenvalue weighted by Crippen LogP contribution is 2.19. The van der Waals surface area contributed by atoms with Crippen LogP contribution in [0.1, 0.15) is 40.0 Å². The summed E-state index contributed by atoms with van der Waals surface area (Å²) < 4.78 is 4.89. The number of carbonyl (C=O) groups is 1. The van der Waals surface area contributed by atoms with Gasteiger partial charge in [0.15, 0.2) is 0 Å². The van der Waals surface area contributed by atoms with Crippen LogP contribution in [0.5, 0.6) is 0 Å². The van der Waals surface area contributed by atoms with E-state index in [0.717, 1.165) is 24.8 Å². The lowest BCUT2D eigenvalue weighted by Gasteiger charge is -2.17. The van der Waals surface area contributed by atoms with Crippen molar-refractivity contribution in [2.45, 2.75) is 40.0 Å². The second kappa shape index (κ2) is 8.34. The number of carbonyl (C=O) groups excluding carboxylic acids is 1. The minimum absolute atomic E-state index is 0.173. The van der Waals surface area contributed by atoms with E-state index in [-0.39, 0.29) is 18.5 Å². The summed E-state index contributed by atoms with van der Waals surface area (Å²) in [7, 11) is 0. The zero-order chi connectivity index (χ0) is 12.6. The quantitative estimate of drug-likeness (QED) is 0.513. The lowest BCUT2D eigenvalue weighted by Crippen LogP contribution is -2.10. The number of rotatable bonds is 8. The second-order valence-electron chi connectivity index (χ2n) is 4.54. The largest absolute Gasteiger partial charge is 0.466 e. The van der Waals surface area contributed by atoms with E-state index in [1.54, 1.807) is 0 Å². The van der Waals surface area contributed by atoms with E-state index in [2.05, 4.69) is 13.5 Å². The Morgan fingerprint density at radius 2 is 1.94 bits per heavy atom. The summed E-state index contributed by atoms with van der Waals surface area (Å²) in [5, 5.41) is 9.13. The normalized spacial score (nSPS) is 14.2. The molecule has 0 saturated heterocycles. The van der Waals surface area contributed by atoms with Crippen molar-refractivity contribution in [3.05, 3.63) is 12.2 Å². The molecule has 3 nitrogen and oxygen atoms in total. The molecule has 0 aromatic carbocycles. The number of ether oxygens (including phenoxy) is 1. The number of aliphatic hydroxyl groups is 1. The van der Waals surface area contributed by atoms with Gasteiger partial charge in [-0.05, 0) is 32.1 Å². The van der Waals surface area contributed by atoms with Gasteiger partial charge in [-0.1, -0.05) is 19.1 Å². The van der Waals surface area contributed by atoms with Crippen molar-refractivity contribution in [3.8, 4) is 0 Å². The Bertz CT molecular complexity index is 223. The van der Waals surface area contributed by atoms with Crippen molar-refractivity contribution in [1.82, 2.24) is 0 Å². The smallest absolute Gasteiger partial charge is 0.302 e. The third kappa shape index (κ3) is 7.46. The molecule has 0 spiro atoms. The average Bonchev–Trinajstić information content (AvgIpc) is 2.17. The minimum Gasteiger partial charge on any atom is -0.466 e. The van der Waals surface area contributed by atoms with Crippen LogP contribution in [0.15, 0.2) is 12.2 Å². The predicted octanol–water partition coefficient (Wildman–Crippen LogP) is 2.54. The highest BCUT2D eigenvalue weighted by Gasteiger charge is 2.11. The minimum atomic E-state index is -0.220. The summed E-state index contributed by atoms with van der Waals surface area (Å²) in [6.07, 6.45) is 2.86. The molecule has 0 radical (unpaired) electrons. The van der Waals surface area contributed by atoms with Crippen molar-refractivity contribution in [2.75, 3.05) is 13.2 Å². The third-order valence-corrected chi connectivity index (χ3v) is 2.84. The lowest BCUT2D eigenvalue weighted by atomic mass is 9.92. The molecule has 0 aliphatic heterocycles. The van der Waals surface area contributed by atoms with Crippen molar-refractivity contribution in [2.24, 2.45) is 11.8 Å². The summed E-state index contributed by atoms with van der Waals surface area (Å²) in [6, 6.07) is 0. The molecule has 0 aromatic rings. The Morgan fingerprint density at radius 3 is 2.38 bits per heavy atom. The molecule has 16 heavy (non-hydrogen) atoms. The van der Waals surface area contributed by atoms with Crippen LogP contribution in [0.2, 0.25) is 0 Å². The maximum atomic E-state index is 10.6. The van der Waals surface area contributed by atoms with Gasteiger partial charge in [0.1, 0.15) is 0 Å². The fourth-order valence-corrected chi connectivity index (χ4v) is 1.53. The molecule has 0 aliphatic rings. The summed E-state index contributed by atoms with van der Waals surface area (Å²) in [5.41, 5.74) is 1.04. The van der Waals surface area contributed by atoms with Gasteiger partial charge in [0.05, 0.1) is 6.61 Å². The molecule has 0 aliphatic carbocycles. The van der Waals surface area contributed by atoms with E-state index < -0.39 is 0 Å². The first kappa shape index (κ1) is 15.2. The first-order chi connectivity index (χ1) is 7.47. The standard InChI is InChI=1S/C13H24O3/c1-10(2)13(9-14)6-5-11(3)7-8-16-12(4)15/h11,13-14H,1,5-9H2,2-4H3/t11-,13?/m0/s1. The van der Waals surface area contributed by atoms with Crippen molar-refractivity contribution >= 4 is 5.97 Å². The van der Waals surface area contributed by atoms with E-state index in [1.165, 1.54) is 6.92 Å². The zero-order valence-electron chi connectivity index (χ0n) is 10.7. The van der Waals surface area contributed by atoms with Gasteiger partial charge in [0.25, 0.3) is 0 Å². The van der Waals surface area contributed by atoms with Gasteiger partial charge >= 0.3 is 5.97 Å². The van der Waals surface area contributed by atoms with Gasteiger partial charge in [0.2, 0.25) is 0 Å². The van der Waals surface area contributed by atoms with Gasteiger partial charge in [-0.2, -0.15) is 0 Å². The van der Waals surface area contributed by atoms with Crippen LogP contribution in [0.25, 0.3) is 0 Å². The molecule has 1 N–H and O–H groups in total. The zero-order valence-corrected chi connectivity index (χ0v) is 10.7. The van der Waals surface area contributed by atoms with Gasteiger partial charge in [-0.25, -0.2) is 0 Å². The fraction of sp³-hybridized carbons (Fsp3) is 0.769. The first-order valence-electron chi connectivity index (χ1n) is 5.87. The lowest BCUT2D eigenvalue weighted by molar-refractivity contribution is -0.141. The van der Waals surface area contributed by atoms with Crippen LogP contribution in [-0.2, 0) is 9.53 Å². The molecule has 0 aromatic heterocycles. The number of aliphatic hydroxyl groups excluding tert-OH is 1. The van der Waals surface area contributed by atoms with E-state index in [1.807, 2.05) is 6.92 Å². The Labute approximate surface area is 98.5 Å². The Hall–Kier alpha value is -0.830. The molecular weight excluding hydrogens is 204 g/mol. The molecule has 0 bridgehead atoms. The van der Waals surface area contributed by atoms with Gasteiger partial charge in [0, 0.05) is 19.4 Å². The predicted molar refractivity (Wildman–Crippen MR) is 65.0 cm³/mol. The van der Waals surface area contributed by atoms with Crippen LogP contribution in [0.4, 0.5) is 0 Å². The maximum Gasteiger partial charge on any atom is 0.302 e. The Balaban J connectivity index is 3.67. The number of hydrogen-bond acceptors (Lipinski definition) is 3. The van der Waals surface area contributed by atoms with Gasteiger partial charge in [-0.15, -0.1) is 0 Å². The van der Waals surface area contributed by atoms with E-state index in [4.69, 9.17) is 9.84 Å². The van der Waals surface area contributed by atoms with Gasteiger partial charge in [-0.3, -0.25) is 4.79 Å². The summed E-state index contributed by atoms with van der Waals surface area (Å²) >= 11 is 0. The second-order valence-corrected chi connectivity index (χ2v) is 4.54. The van der Waals surface area contributed by atoms with E-state index >= 15 is 0 Å². The average molecular weight is 228 g/mol. The topological polar surface area (TPSA) is 46.5 Å². The molecule has 0 rings (SSSR count). The van der Waals surface area contributed by atoms with Crippen molar-refractivity contribution < 1.29 is 14.6 Å². The van der Waals surface area contributed by atoms with Crippen LogP contribution in [-0.4, -0.2) is 24.3 Å². The highest BCUT2D eigenvalue weighted by atomic mass is 16.5. The summed E-state index contributed by atoms with van der Waals surface area (Å²) in [4.78, 5) is 10.6. The highest BCUT2D eigenvalue weighted by molar-refractivity contribution is 5.65. The van der Waals surface area contributed by atoms with E-state index in [9.17, 15) is 4.79 Å². The molecule has 3 heteroatoms. The summed E-state index contributed by atoms with van der Waals surface area (Å²) in [5.74, 6) is 0.492. The van der Waals surface area contributed by atoms with Gasteiger partial charge < -0.3 is 9.84 Å². The van der Waals surface area contributed by atoms with Crippen molar-refractivity contribution in [3.63, 3.8) is 0 Å². The molecule has 2 atom stereocenters. The van der Waals surface area contributed by atoms with Crippen LogP contribution in [0.3, 0.4) is 0 Å². The van der Waals surface area contributed by atoms with Crippen LogP contribution < -0.4 is 0 Å². The number of esters is 1. The Morgan fingerprint density at radius 1 is 1.31 bits per heavy atom. The first-order valence-corrected chi connectivity index (χ1v) is 5.87. The SMILES string of the molecule is C=C(C)C(CO)CC[C@H](C)CCOC(C)=O. The monoisotopic (exact) mass is 228 g/mol. The molecule has 0 fully saturated rings. The van der Waals surface area contributed by atoms with E-state index in [0.29, 0.717) is 12.5 Å². The number of hydrogen-bond donors (Lipinski definition) is 1. The molecule has 1 unspecified atom stereocenters. The molecular formula is C13H24O3. The molecule has 94 valence electrons.